The zero-order valence-corrected chi connectivity index (χ0v) is 12.6. The van der Waals surface area contributed by atoms with Crippen molar-refractivity contribution in [2.45, 2.75) is 33.4 Å². The maximum absolute atomic E-state index is 2.43. The van der Waals surface area contributed by atoms with Gasteiger partial charge >= 0.3 is 0 Å². The molecule has 0 saturated heterocycles. The molecule has 21 heavy (non-hydrogen) atoms. The lowest BCUT2D eigenvalue weighted by Gasteiger charge is -2.20. The standard InChI is InChI=1S/C19H20N2/c1-3-16-17(15-8-6-14(2)7-9-15)13-21-12-11-20-10-4-5-18(20)19(16)21/h4-10,13H,3,11-12H2,1-2H3. The molecule has 0 radical (unpaired) electrons. The van der Waals surface area contributed by atoms with Crippen molar-refractivity contribution in [1.82, 2.24) is 9.13 Å². The molecule has 2 heteroatoms. The summed E-state index contributed by atoms with van der Waals surface area (Å²) in [7, 11) is 0. The van der Waals surface area contributed by atoms with Crippen LogP contribution in [0.15, 0.2) is 48.8 Å². The summed E-state index contributed by atoms with van der Waals surface area (Å²) in [6.07, 6.45) is 5.60. The first-order valence-electron chi connectivity index (χ1n) is 7.72. The van der Waals surface area contributed by atoms with Crippen LogP contribution in [0.25, 0.3) is 22.5 Å². The fourth-order valence-corrected chi connectivity index (χ4v) is 3.46. The second kappa shape index (κ2) is 4.66. The van der Waals surface area contributed by atoms with E-state index in [-0.39, 0.29) is 0 Å². The van der Waals surface area contributed by atoms with E-state index < -0.39 is 0 Å². The third kappa shape index (κ3) is 1.86. The van der Waals surface area contributed by atoms with Crippen LogP contribution in [0.2, 0.25) is 0 Å². The van der Waals surface area contributed by atoms with E-state index in [9.17, 15) is 0 Å². The molecule has 0 spiro atoms. The van der Waals surface area contributed by atoms with Crippen LogP contribution in [0.5, 0.6) is 0 Å². The molecule has 0 fully saturated rings. The summed E-state index contributed by atoms with van der Waals surface area (Å²) in [6, 6.07) is 13.3. The number of benzene rings is 1. The molecule has 3 aromatic rings. The molecule has 0 bridgehead atoms. The Kier molecular flexibility index (Phi) is 2.78. The number of hydrogen-bond donors (Lipinski definition) is 0. The highest BCUT2D eigenvalue weighted by molar-refractivity contribution is 5.77. The quantitative estimate of drug-likeness (QED) is 0.652. The zero-order valence-electron chi connectivity index (χ0n) is 12.6. The molecule has 0 unspecified atom stereocenters. The molecular weight excluding hydrogens is 256 g/mol. The van der Waals surface area contributed by atoms with Gasteiger partial charge in [-0.3, -0.25) is 0 Å². The molecule has 1 aliphatic heterocycles. The monoisotopic (exact) mass is 276 g/mol. The topological polar surface area (TPSA) is 9.86 Å². The van der Waals surface area contributed by atoms with Gasteiger partial charge in [-0.2, -0.15) is 0 Å². The van der Waals surface area contributed by atoms with Crippen molar-refractivity contribution >= 4 is 0 Å². The molecule has 2 nitrogen and oxygen atoms in total. The predicted octanol–water partition coefficient (Wildman–Crippen LogP) is 4.51. The molecule has 0 atom stereocenters. The molecule has 0 aliphatic carbocycles. The molecule has 0 saturated carbocycles. The largest absolute Gasteiger partial charge is 0.344 e. The van der Waals surface area contributed by atoms with E-state index in [0.717, 1.165) is 19.5 Å². The normalized spacial score (nSPS) is 13.0. The van der Waals surface area contributed by atoms with Crippen LogP contribution in [-0.4, -0.2) is 9.13 Å². The van der Waals surface area contributed by atoms with Crippen LogP contribution in [0.1, 0.15) is 18.1 Å². The van der Waals surface area contributed by atoms with Crippen LogP contribution in [-0.2, 0) is 19.5 Å². The average Bonchev–Trinajstić information content (AvgIpc) is 3.11. The van der Waals surface area contributed by atoms with Crippen LogP contribution in [0.3, 0.4) is 0 Å². The van der Waals surface area contributed by atoms with Gasteiger partial charge in [-0.25, -0.2) is 0 Å². The molecule has 1 aromatic carbocycles. The summed E-state index contributed by atoms with van der Waals surface area (Å²) in [6.45, 7) is 6.54. The van der Waals surface area contributed by atoms with Crippen molar-refractivity contribution in [2.24, 2.45) is 0 Å². The fraction of sp³-hybridized carbons (Fsp3) is 0.263. The van der Waals surface area contributed by atoms with Crippen molar-refractivity contribution in [3.05, 3.63) is 59.9 Å². The van der Waals surface area contributed by atoms with Crippen molar-refractivity contribution in [3.63, 3.8) is 0 Å². The number of aromatic nitrogens is 2. The summed E-state index contributed by atoms with van der Waals surface area (Å²) in [5.74, 6) is 0. The van der Waals surface area contributed by atoms with Gasteiger partial charge in [0.05, 0.1) is 11.4 Å². The lowest BCUT2D eigenvalue weighted by molar-refractivity contribution is 0.560. The Labute approximate surface area is 125 Å². The summed E-state index contributed by atoms with van der Waals surface area (Å²) in [5.41, 5.74) is 8.27. The Balaban J connectivity index is 1.94. The molecule has 1 aliphatic rings. The highest BCUT2D eigenvalue weighted by Crippen LogP contribution is 2.37. The van der Waals surface area contributed by atoms with Gasteiger partial charge in [0.15, 0.2) is 0 Å². The highest BCUT2D eigenvalue weighted by Gasteiger charge is 2.22. The summed E-state index contributed by atoms with van der Waals surface area (Å²) < 4.78 is 4.80. The van der Waals surface area contributed by atoms with E-state index in [0.29, 0.717) is 0 Å². The number of nitrogens with zero attached hydrogens (tertiary/aromatic N) is 2. The Hall–Kier alpha value is -2.22. The van der Waals surface area contributed by atoms with Gasteiger partial charge < -0.3 is 9.13 Å². The van der Waals surface area contributed by atoms with Crippen molar-refractivity contribution in [3.8, 4) is 22.5 Å². The number of hydrogen-bond acceptors (Lipinski definition) is 0. The molecule has 4 rings (SSSR count). The first-order chi connectivity index (χ1) is 10.3. The number of aryl methyl sites for hydroxylation is 3. The number of fused-ring (bicyclic) bond motifs is 3. The van der Waals surface area contributed by atoms with Gasteiger partial charge in [0.25, 0.3) is 0 Å². The zero-order chi connectivity index (χ0) is 14.4. The van der Waals surface area contributed by atoms with Crippen molar-refractivity contribution in [1.29, 1.82) is 0 Å². The second-order valence-corrected chi connectivity index (χ2v) is 5.87. The first kappa shape index (κ1) is 12.5. The average molecular weight is 276 g/mol. The van der Waals surface area contributed by atoms with E-state index in [4.69, 9.17) is 0 Å². The summed E-state index contributed by atoms with van der Waals surface area (Å²) in [4.78, 5) is 0. The van der Waals surface area contributed by atoms with E-state index >= 15 is 0 Å². The molecule has 0 amide bonds. The molecule has 2 aromatic heterocycles. The number of rotatable bonds is 2. The first-order valence-corrected chi connectivity index (χ1v) is 7.72. The van der Waals surface area contributed by atoms with Gasteiger partial charge in [-0.05, 0) is 36.6 Å². The minimum absolute atomic E-state index is 1.07. The van der Waals surface area contributed by atoms with Crippen LogP contribution < -0.4 is 0 Å². The van der Waals surface area contributed by atoms with E-state index in [2.05, 4.69) is 71.8 Å². The Morgan fingerprint density at radius 1 is 1.00 bits per heavy atom. The third-order valence-corrected chi connectivity index (χ3v) is 4.55. The van der Waals surface area contributed by atoms with Crippen LogP contribution in [0, 0.1) is 6.92 Å². The predicted molar refractivity (Wildman–Crippen MR) is 87.4 cm³/mol. The molecule has 3 heterocycles. The third-order valence-electron chi connectivity index (χ3n) is 4.55. The van der Waals surface area contributed by atoms with Gasteiger partial charge in [-0.15, -0.1) is 0 Å². The van der Waals surface area contributed by atoms with Gasteiger partial charge in [-0.1, -0.05) is 36.8 Å². The maximum Gasteiger partial charge on any atom is 0.0687 e. The summed E-state index contributed by atoms with van der Waals surface area (Å²) in [5, 5.41) is 0. The van der Waals surface area contributed by atoms with E-state index in [1.165, 1.54) is 33.6 Å². The molecule has 0 N–H and O–H groups in total. The summed E-state index contributed by atoms with van der Waals surface area (Å²) >= 11 is 0. The van der Waals surface area contributed by atoms with Crippen molar-refractivity contribution in [2.75, 3.05) is 0 Å². The lowest BCUT2D eigenvalue weighted by atomic mass is 9.99. The minimum Gasteiger partial charge on any atom is -0.344 e. The minimum atomic E-state index is 1.07. The van der Waals surface area contributed by atoms with E-state index in [1.54, 1.807) is 0 Å². The van der Waals surface area contributed by atoms with Crippen molar-refractivity contribution < 1.29 is 0 Å². The Morgan fingerprint density at radius 2 is 1.76 bits per heavy atom. The van der Waals surface area contributed by atoms with E-state index in [1.807, 2.05) is 0 Å². The molecular formula is C19H20N2. The molecule has 106 valence electrons. The second-order valence-electron chi connectivity index (χ2n) is 5.87. The smallest absolute Gasteiger partial charge is 0.0687 e. The SMILES string of the molecule is CCc1c(-c2ccc(C)cc2)cn2c1-c1cccn1CC2. The highest BCUT2D eigenvalue weighted by atomic mass is 15.1. The maximum atomic E-state index is 2.43. The van der Waals surface area contributed by atoms with Crippen LogP contribution >= 0.6 is 0 Å². The fourth-order valence-electron chi connectivity index (χ4n) is 3.46. The lowest BCUT2D eigenvalue weighted by Crippen LogP contribution is -2.15. The Morgan fingerprint density at radius 3 is 2.52 bits per heavy atom. The Bertz CT molecular complexity index is 788. The van der Waals surface area contributed by atoms with Gasteiger partial charge in [0, 0.05) is 31.0 Å². The van der Waals surface area contributed by atoms with Crippen LogP contribution in [0.4, 0.5) is 0 Å². The van der Waals surface area contributed by atoms with Gasteiger partial charge in [0.2, 0.25) is 0 Å². The van der Waals surface area contributed by atoms with Gasteiger partial charge in [0.1, 0.15) is 0 Å².